The lowest BCUT2D eigenvalue weighted by molar-refractivity contribution is -0.121. The van der Waals surface area contributed by atoms with Crippen molar-refractivity contribution in [3.63, 3.8) is 0 Å². The van der Waals surface area contributed by atoms with E-state index in [1.807, 2.05) is 32.2 Å². The zero-order chi connectivity index (χ0) is 19.1. The van der Waals surface area contributed by atoms with E-state index >= 15 is 0 Å². The molecule has 1 aromatic heterocycles. The van der Waals surface area contributed by atoms with E-state index in [4.69, 9.17) is 4.52 Å². The quantitative estimate of drug-likeness (QED) is 0.780. The summed E-state index contributed by atoms with van der Waals surface area (Å²) in [6.45, 7) is 3.14. The molecular weight excluding hydrogens is 332 g/mol. The van der Waals surface area contributed by atoms with Gasteiger partial charge >= 0.3 is 0 Å². The Hall–Kier alpha value is -2.67. The highest BCUT2D eigenvalue weighted by atomic mass is 16.5. The van der Waals surface area contributed by atoms with Gasteiger partial charge in [-0.3, -0.25) is 14.5 Å². The fraction of sp³-hybridized carbons (Fsp3) is 0.421. The molecule has 0 aliphatic carbocycles. The van der Waals surface area contributed by atoms with E-state index < -0.39 is 0 Å². The van der Waals surface area contributed by atoms with Gasteiger partial charge in [-0.1, -0.05) is 35.5 Å². The second-order valence-electron chi connectivity index (χ2n) is 6.48. The third-order valence-corrected chi connectivity index (χ3v) is 4.24. The SMILES string of the molecule is CNC(=O)C[C@@H](C)N(C)C(=O)c1cc(CN(C)Cc2ccccc2)on1. The van der Waals surface area contributed by atoms with E-state index in [2.05, 4.69) is 27.5 Å². The van der Waals surface area contributed by atoms with Gasteiger partial charge in [0.05, 0.1) is 6.54 Å². The molecule has 26 heavy (non-hydrogen) atoms. The van der Waals surface area contributed by atoms with Gasteiger partial charge in [-0.25, -0.2) is 0 Å². The van der Waals surface area contributed by atoms with Crippen molar-refractivity contribution >= 4 is 11.8 Å². The average Bonchev–Trinajstić information content (AvgIpc) is 3.09. The first-order valence-corrected chi connectivity index (χ1v) is 8.56. The van der Waals surface area contributed by atoms with Crippen molar-refractivity contribution in [2.24, 2.45) is 0 Å². The van der Waals surface area contributed by atoms with Crippen LogP contribution in [0.3, 0.4) is 0 Å². The van der Waals surface area contributed by atoms with Gasteiger partial charge in [0.2, 0.25) is 5.91 Å². The molecule has 0 saturated heterocycles. The molecule has 0 unspecified atom stereocenters. The molecule has 1 heterocycles. The van der Waals surface area contributed by atoms with E-state index in [-0.39, 0.29) is 30.0 Å². The van der Waals surface area contributed by atoms with Gasteiger partial charge in [0, 0.05) is 39.2 Å². The zero-order valence-electron chi connectivity index (χ0n) is 15.7. The monoisotopic (exact) mass is 358 g/mol. The van der Waals surface area contributed by atoms with Gasteiger partial charge in [-0.05, 0) is 19.5 Å². The lowest BCUT2D eigenvalue weighted by atomic mass is 10.2. The van der Waals surface area contributed by atoms with E-state index in [0.717, 1.165) is 6.54 Å². The van der Waals surface area contributed by atoms with Crippen molar-refractivity contribution in [2.45, 2.75) is 32.5 Å². The number of benzene rings is 1. The Labute approximate surface area is 153 Å². The molecule has 0 bridgehead atoms. The normalized spacial score (nSPS) is 12.0. The molecule has 7 nitrogen and oxygen atoms in total. The minimum absolute atomic E-state index is 0.111. The Bertz CT molecular complexity index is 729. The van der Waals surface area contributed by atoms with Crippen LogP contribution < -0.4 is 5.32 Å². The summed E-state index contributed by atoms with van der Waals surface area (Å²) in [5.74, 6) is 0.252. The molecule has 2 aromatic rings. The molecule has 0 saturated carbocycles. The molecule has 1 atom stereocenters. The first-order chi connectivity index (χ1) is 12.4. The summed E-state index contributed by atoms with van der Waals surface area (Å²) < 4.78 is 5.31. The van der Waals surface area contributed by atoms with Crippen LogP contribution in [0.5, 0.6) is 0 Å². The van der Waals surface area contributed by atoms with E-state index in [9.17, 15) is 9.59 Å². The lowest BCUT2D eigenvalue weighted by Gasteiger charge is -2.23. The summed E-state index contributed by atoms with van der Waals surface area (Å²) in [5.41, 5.74) is 1.45. The summed E-state index contributed by atoms with van der Waals surface area (Å²) in [6.07, 6.45) is 0.239. The molecule has 2 rings (SSSR count). The fourth-order valence-electron chi connectivity index (χ4n) is 2.59. The zero-order valence-corrected chi connectivity index (χ0v) is 15.7. The Morgan fingerprint density at radius 3 is 2.54 bits per heavy atom. The molecule has 0 aliphatic heterocycles. The molecule has 140 valence electrons. The van der Waals surface area contributed by atoms with Crippen molar-refractivity contribution in [3.8, 4) is 0 Å². The number of nitrogens with one attached hydrogen (secondary N) is 1. The molecule has 0 spiro atoms. The molecule has 1 aromatic carbocycles. The number of carbonyl (C=O) groups excluding carboxylic acids is 2. The maximum absolute atomic E-state index is 12.5. The maximum Gasteiger partial charge on any atom is 0.276 e. The highest BCUT2D eigenvalue weighted by Crippen LogP contribution is 2.13. The smallest absolute Gasteiger partial charge is 0.276 e. The molecular formula is C19H26N4O3. The van der Waals surface area contributed by atoms with E-state index in [1.165, 1.54) is 10.5 Å². The van der Waals surface area contributed by atoms with Crippen molar-refractivity contribution in [1.82, 2.24) is 20.3 Å². The Morgan fingerprint density at radius 1 is 1.19 bits per heavy atom. The lowest BCUT2D eigenvalue weighted by Crippen LogP contribution is -2.38. The number of hydrogen-bond acceptors (Lipinski definition) is 5. The van der Waals surface area contributed by atoms with E-state index in [0.29, 0.717) is 12.3 Å². The van der Waals surface area contributed by atoms with Crippen LogP contribution in [0, 0.1) is 0 Å². The number of hydrogen-bond donors (Lipinski definition) is 1. The first-order valence-electron chi connectivity index (χ1n) is 8.56. The average molecular weight is 358 g/mol. The minimum atomic E-state index is -0.262. The third kappa shape index (κ3) is 5.42. The van der Waals surface area contributed by atoms with Gasteiger partial charge in [0.15, 0.2) is 11.5 Å². The molecule has 1 N–H and O–H groups in total. The second-order valence-corrected chi connectivity index (χ2v) is 6.48. The Balaban J connectivity index is 1.93. The molecule has 0 aliphatic rings. The molecule has 0 radical (unpaired) electrons. The van der Waals surface area contributed by atoms with Crippen LogP contribution in [0.15, 0.2) is 40.9 Å². The van der Waals surface area contributed by atoms with Gasteiger partial charge in [0.25, 0.3) is 5.91 Å². The highest BCUT2D eigenvalue weighted by Gasteiger charge is 2.22. The van der Waals surface area contributed by atoms with E-state index in [1.54, 1.807) is 20.2 Å². The van der Waals surface area contributed by atoms with Crippen molar-refractivity contribution in [3.05, 3.63) is 53.4 Å². The van der Waals surface area contributed by atoms with Gasteiger partial charge in [0.1, 0.15) is 0 Å². The van der Waals surface area contributed by atoms with Gasteiger partial charge in [-0.15, -0.1) is 0 Å². The topological polar surface area (TPSA) is 78.7 Å². The van der Waals surface area contributed by atoms with Crippen LogP contribution in [0.1, 0.15) is 35.2 Å². The molecule has 7 heteroatoms. The van der Waals surface area contributed by atoms with Crippen molar-refractivity contribution in [1.29, 1.82) is 0 Å². The summed E-state index contributed by atoms with van der Waals surface area (Å²) in [5, 5.41) is 6.44. The summed E-state index contributed by atoms with van der Waals surface area (Å²) in [4.78, 5) is 27.6. The molecule has 2 amide bonds. The van der Waals surface area contributed by atoms with Gasteiger partial charge in [-0.2, -0.15) is 0 Å². The maximum atomic E-state index is 12.5. The minimum Gasteiger partial charge on any atom is -0.359 e. The number of carbonyl (C=O) groups is 2. The van der Waals surface area contributed by atoms with Crippen LogP contribution in [-0.4, -0.2) is 54.0 Å². The van der Waals surface area contributed by atoms with Crippen molar-refractivity contribution < 1.29 is 14.1 Å². The largest absolute Gasteiger partial charge is 0.359 e. The van der Waals surface area contributed by atoms with Crippen LogP contribution in [0.25, 0.3) is 0 Å². The Morgan fingerprint density at radius 2 is 1.88 bits per heavy atom. The molecule has 0 fully saturated rings. The highest BCUT2D eigenvalue weighted by molar-refractivity contribution is 5.92. The third-order valence-electron chi connectivity index (χ3n) is 4.24. The van der Waals surface area contributed by atoms with Crippen LogP contribution in [0.2, 0.25) is 0 Å². The standard InChI is InChI=1S/C19H26N4O3/c1-14(10-18(24)20-2)23(4)19(25)17-11-16(26-21-17)13-22(3)12-15-8-6-5-7-9-15/h5-9,11,14H,10,12-13H2,1-4H3,(H,20,24)/t14-/m1/s1. The van der Waals surface area contributed by atoms with Gasteiger partial charge < -0.3 is 14.7 Å². The number of aromatic nitrogens is 1. The fourth-order valence-corrected chi connectivity index (χ4v) is 2.59. The first kappa shape index (κ1) is 19.7. The second kappa shape index (κ2) is 9.15. The Kier molecular flexibility index (Phi) is 6.91. The van der Waals surface area contributed by atoms with Crippen LogP contribution in [-0.2, 0) is 17.9 Å². The summed E-state index contributed by atoms with van der Waals surface area (Å²) in [7, 11) is 5.22. The predicted molar refractivity (Wildman–Crippen MR) is 98.4 cm³/mol. The predicted octanol–water partition coefficient (Wildman–Crippen LogP) is 1.90. The van der Waals surface area contributed by atoms with Crippen LogP contribution >= 0.6 is 0 Å². The van der Waals surface area contributed by atoms with Crippen LogP contribution in [0.4, 0.5) is 0 Å². The summed E-state index contributed by atoms with van der Waals surface area (Å²) >= 11 is 0. The number of rotatable bonds is 8. The van der Waals surface area contributed by atoms with Crippen molar-refractivity contribution in [2.75, 3.05) is 21.1 Å². The number of amides is 2. The number of nitrogens with zero attached hydrogens (tertiary/aromatic N) is 3. The summed E-state index contributed by atoms with van der Waals surface area (Å²) in [6, 6.07) is 11.5.